The quantitative estimate of drug-likeness (QED) is 0.673. The van der Waals surface area contributed by atoms with Crippen LogP contribution in [0.3, 0.4) is 0 Å². The van der Waals surface area contributed by atoms with E-state index in [1.807, 2.05) is 24.3 Å². The Morgan fingerprint density at radius 2 is 2.17 bits per heavy atom. The number of hydrogen-bond donors (Lipinski definition) is 1. The van der Waals surface area contributed by atoms with Gasteiger partial charge in [0.15, 0.2) is 4.34 Å². The van der Waals surface area contributed by atoms with Gasteiger partial charge in [0.1, 0.15) is 5.51 Å². The Hall–Kier alpha value is -1.66. The number of benzene rings is 1. The summed E-state index contributed by atoms with van der Waals surface area (Å²) in [6.45, 7) is 0. The fourth-order valence-electron chi connectivity index (χ4n) is 1.26. The minimum absolute atomic E-state index is 0.831. The highest BCUT2D eigenvalue weighted by Gasteiger charge is 1.99. The predicted octanol–water partition coefficient (Wildman–Crippen LogP) is 2.93. The zero-order valence-corrected chi connectivity index (χ0v) is 10.9. The molecule has 0 aliphatic heterocycles. The third-order valence-electron chi connectivity index (χ3n) is 2.10. The summed E-state index contributed by atoms with van der Waals surface area (Å²) in [5.41, 5.74) is 3.76. The van der Waals surface area contributed by atoms with Gasteiger partial charge in [-0.1, -0.05) is 47.4 Å². The summed E-state index contributed by atoms with van der Waals surface area (Å²) in [6, 6.07) is 7.76. The van der Waals surface area contributed by atoms with Crippen LogP contribution in [0.1, 0.15) is 11.1 Å². The maximum absolute atomic E-state index is 10.4. The Morgan fingerprint density at radius 3 is 2.78 bits per heavy atom. The summed E-state index contributed by atoms with van der Waals surface area (Å²) in [5, 5.41) is 16.2. The maximum Gasteiger partial charge on any atom is 0.328 e. The Kier molecular flexibility index (Phi) is 4.49. The molecule has 1 aromatic heterocycles. The number of carboxylic acids is 1. The van der Waals surface area contributed by atoms with E-state index in [2.05, 4.69) is 10.2 Å². The second-order valence-corrected chi connectivity index (χ2v) is 5.46. The van der Waals surface area contributed by atoms with Gasteiger partial charge in [-0.3, -0.25) is 0 Å². The molecule has 1 aromatic carbocycles. The van der Waals surface area contributed by atoms with Gasteiger partial charge >= 0.3 is 5.97 Å². The van der Waals surface area contributed by atoms with E-state index in [1.165, 1.54) is 16.9 Å². The maximum atomic E-state index is 10.4. The van der Waals surface area contributed by atoms with E-state index in [1.54, 1.807) is 23.3 Å². The fraction of sp³-hybridized carbons (Fsp3) is 0.0833. The highest BCUT2D eigenvalue weighted by molar-refractivity contribution is 8.00. The molecular formula is C12H10N2O2S2. The highest BCUT2D eigenvalue weighted by Crippen LogP contribution is 2.23. The number of rotatable bonds is 5. The van der Waals surface area contributed by atoms with Gasteiger partial charge < -0.3 is 5.11 Å². The van der Waals surface area contributed by atoms with E-state index in [0.29, 0.717) is 0 Å². The van der Waals surface area contributed by atoms with E-state index in [4.69, 9.17) is 5.11 Å². The van der Waals surface area contributed by atoms with Crippen LogP contribution in [0.25, 0.3) is 6.08 Å². The first-order valence-corrected chi connectivity index (χ1v) is 6.99. The van der Waals surface area contributed by atoms with Gasteiger partial charge in [-0.2, -0.15) is 0 Å². The molecule has 0 aliphatic rings. The van der Waals surface area contributed by atoms with Crippen LogP contribution >= 0.6 is 23.1 Å². The summed E-state index contributed by atoms with van der Waals surface area (Å²) in [7, 11) is 0. The molecule has 0 saturated heterocycles. The Balaban J connectivity index is 1.93. The van der Waals surface area contributed by atoms with Crippen LogP contribution in [0.4, 0.5) is 0 Å². The predicted molar refractivity (Wildman–Crippen MR) is 72.6 cm³/mol. The number of hydrogen-bond acceptors (Lipinski definition) is 5. The van der Waals surface area contributed by atoms with E-state index < -0.39 is 5.97 Å². The molecule has 92 valence electrons. The lowest BCUT2D eigenvalue weighted by molar-refractivity contribution is -0.131. The second kappa shape index (κ2) is 6.32. The number of aliphatic carboxylic acids is 1. The number of thioether (sulfide) groups is 1. The zero-order valence-electron chi connectivity index (χ0n) is 9.31. The van der Waals surface area contributed by atoms with E-state index in [0.717, 1.165) is 21.7 Å². The van der Waals surface area contributed by atoms with Crippen LogP contribution < -0.4 is 0 Å². The summed E-state index contributed by atoms with van der Waals surface area (Å²) in [5.74, 6) is -0.108. The van der Waals surface area contributed by atoms with Crippen molar-refractivity contribution in [2.75, 3.05) is 0 Å². The average Bonchev–Trinajstić information content (AvgIpc) is 2.88. The van der Waals surface area contributed by atoms with Gasteiger partial charge in [0, 0.05) is 11.8 Å². The lowest BCUT2D eigenvalue weighted by Crippen LogP contribution is -1.86. The summed E-state index contributed by atoms with van der Waals surface area (Å²) < 4.78 is 0.949. The van der Waals surface area contributed by atoms with Crippen molar-refractivity contribution in [1.29, 1.82) is 0 Å². The van der Waals surface area contributed by atoms with Crippen molar-refractivity contribution in [2.45, 2.75) is 10.1 Å². The first-order chi connectivity index (χ1) is 8.74. The van der Waals surface area contributed by atoms with Crippen LogP contribution in [-0.4, -0.2) is 21.3 Å². The van der Waals surface area contributed by atoms with E-state index >= 15 is 0 Å². The Labute approximate surface area is 112 Å². The number of carboxylic acid groups (broad SMARTS) is 1. The monoisotopic (exact) mass is 278 g/mol. The van der Waals surface area contributed by atoms with Crippen LogP contribution in [-0.2, 0) is 10.5 Å². The van der Waals surface area contributed by atoms with Crippen LogP contribution in [0.5, 0.6) is 0 Å². The normalized spacial score (nSPS) is 10.9. The van der Waals surface area contributed by atoms with Gasteiger partial charge in [0.2, 0.25) is 0 Å². The van der Waals surface area contributed by atoms with Crippen LogP contribution in [0.15, 0.2) is 40.2 Å². The van der Waals surface area contributed by atoms with Crippen molar-refractivity contribution in [3.8, 4) is 0 Å². The molecule has 0 spiro atoms. The number of carbonyl (C=O) groups is 1. The first-order valence-electron chi connectivity index (χ1n) is 5.13. The molecule has 1 heterocycles. The molecule has 6 heteroatoms. The third-order valence-corrected chi connectivity index (χ3v) is 4.03. The van der Waals surface area contributed by atoms with E-state index in [9.17, 15) is 4.79 Å². The molecule has 0 radical (unpaired) electrons. The number of nitrogens with zero attached hydrogens (tertiary/aromatic N) is 2. The Morgan fingerprint density at radius 1 is 1.39 bits per heavy atom. The van der Waals surface area contributed by atoms with Gasteiger partial charge in [-0.15, -0.1) is 10.2 Å². The van der Waals surface area contributed by atoms with Crippen molar-refractivity contribution in [3.05, 3.63) is 47.0 Å². The van der Waals surface area contributed by atoms with Crippen molar-refractivity contribution in [2.24, 2.45) is 0 Å². The summed E-state index contributed by atoms with van der Waals surface area (Å²) in [6.07, 6.45) is 2.70. The van der Waals surface area contributed by atoms with Crippen molar-refractivity contribution in [1.82, 2.24) is 10.2 Å². The SMILES string of the molecule is O=C(O)C=Cc1ccc(CSc2nncs2)cc1. The minimum Gasteiger partial charge on any atom is -0.478 e. The third kappa shape index (κ3) is 3.97. The molecule has 0 saturated carbocycles. The van der Waals surface area contributed by atoms with Crippen molar-refractivity contribution < 1.29 is 9.90 Å². The van der Waals surface area contributed by atoms with Gasteiger partial charge in [0.25, 0.3) is 0 Å². The molecule has 0 amide bonds. The lowest BCUT2D eigenvalue weighted by Gasteiger charge is -1.99. The van der Waals surface area contributed by atoms with Gasteiger partial charge in [0.05, 0.1) is 0 Å². The zero-order chi connectivity index (χ0) is 12.8. The van der Waals surface area contributed by atoms with Crippen LogP contribution in [0, 0.1) is 0 Å². The number of aromatic nitrogens is 2. The fourth-order valence-corrected chi connectivity index (χ4v) is 2.71. The largest absolute Gasteiger partial charge is 0.478 e. The molecule has 0 bridgehead atoms. The molecule has 0 atom stereocenters. The Bertz CT molecular complexity index is 536. The molecule has 18 heavy (non-hydrogen) atoms. The molecule has 0 unspecified atom stereocenters. The second-order valence-electron chi connectivity index (χ2n) is 3.41. The molecule has 1 N–H and O–H groups in total. The van der Waals surface area contributed by atoms with Gasteiger partial charge in [-0.05, 0) is 17.2 Å². The minimum atomic E-state index is -0.939. The van der Waals surface area contributed by atoms with Crippen LogP contribution in [0.2, 0.25) is 0 Å². The molecule has 2 aromatic rings. The highest BCUT2D eigenvalue weighted by atomic mass is 32.2. The first kappa shape index (κ1) is 12.8. The van der Waals surface area contributed by atoms with Gasteiger partial charge in [-0.25, -0.2) is 4.79 Å². The summed E-state index contributed by atoms with van der Waals surface area (Å²) in [4.78, 5) is 10.4. The van der Waals surface area contributed by atoms with Crippen molar-refractivity contribution in [3.63, 3.8) is 0 Å². The van der Waals surface area contributed by atoms with E-state index in [-0.39, 0.29) is 0 Å². The standard InChI is InChI=1S/C12H10N2O2S2/c15-11(16)6-5-9-1-3-10(4-2-9)7-17-12-14-13-8-18-12/h1-6,8H,7H2,(H,15,16). The summed E-state index contributed by atoms with van der Waals surface area (Å²) >= 11 is 3.16. The average molecular weight is 278 g/mol. The molecule has 4 nitrogen and oxygen atoms in total. The topological polar surface area (TPSA) is 63.1 Å². The lowest BCUT2D eigenvalue weighted by atomic mass is 10.1. The molecule has 0 fully saturated rings. The molecule has 0 aliphatic carbocycles. The smallest absolute Gasteiger partial charge is 0.328 e. The van der Waals surface area contributed by atoms with Crippen molar-refractivity contribution >= 4 is 35.1 Å². The molecule has 2 rings (SSSR count). The molecular weight excluding hydrogens is 268 g/mol.